The number of hydrogen-bond acceptors (Lipinski definition) is 4. The number of allylic oxidation sites excluding steroid dienone is 2. The van der Waals surface area contributed by atoms with Crippen LogP contribution in [-0.2, 0) is 12.8 Å². The molecule has 2 aromatic rings. The molecule has 0 saturated carbocycles. The fourth-order valence-corrected chi connectivity index (χ4v) is 2.12. The molecule has 0 heterocycles. The summed E-state index contributed by atoms with van der Waals surface area (Å²) in [7, 11) is 0. The highest BCUT2D eigenvalue weighted by Crippen LogP contribution is 2.15. The molecular weight excluding hydrogens is 284 g/mol. The van der Waals surface area contributed by atoms with Gasteiger partial charge in [0.2, 0.25) is 0 Å². The van der Waals surface area contributed by atoms with Crippen LogP contribution < -0.4 is 5.32 Å². The van der Waals surface area contributed by atoms with E-state index in [1.165, 1.54) is 11.1 Å². The van der Waals surface area contributed by atoms with E-state index < -0.39 is 0 Å². The topological polar surface area (TPSA) is 83.4 Å². The molecule has 0 unspecified atom stereocenters. The lowest BCUT2D eigenvalue weighted by molar-refractivity contribution is 0.960. The standard InChI is InChI=1S/C19H14N4/c20-12-17(13-21)19(14-22)23-18-10-8-16(9-11-18)7-6-15-4-2-1-3-5-15/h1-5,8-11,23H,6-7H2. The van der Waals surface area contributed by atoms with Crippen LogP contribution in [0.2, 0.25) is 0 Å². The quantitative estimate of drug-likeness (QED) is 0.853. The summed E-state index contributed by atoms with van der Waals surface area (Å²) in [4.78, 5) is 0. The molecule has 0 spiro atoms. The molecule has 1 N–H and O–H groups in total. The summed E-state index contributed by atoms with van der Waals surface area (Å²) in [6.45, 7) is 0. The number of anilines is 1. The second-order valence-electron chi connectivity index (χ2n) is 4.89. The Morgan fingerprint density at radius 1 is 0.739 bits per heavy atom. The first-order valence-corrected chi connectivity index (χ1v) is 7.11. The number of aryl methyl sites for hydroxylation is 2. The predicted molar refractivity (Wildman–Crippen MR) is 87.8 cm³/mol. The van der Waals surface area contributed by atoms with Gasteiger partial charge in [-0.1, -0.05) is 42.5 Å². The highest BCUT2D eigenvalue weighted by molar-refractivity contribution is 5.58. The number of rotatable bonds is 5. The maximum Gasteiger partial charge on any atom is 0.163 e. The van der Waals surface area contributed by atoms with Crippen LogP contribution in [0.4, 0.5) is 5.69 Å². The maximum absolute atomic E-state index is 9.01. The van der Waals surface area contributed by atoms with Gasteiger partial charge in [0.1, 0.15) is 23.9 Å². The van der Waals surface area contributed by atoms with Gasteiger partial charge in [-0.3, -0.25) is 0 Å². The lowest BCUT2D eigenvalue weighted by atomic mass is 10.0. The zero-order valence-corrected chi connectivity index (χ0v) is 12.5. The molecule has 23 heavy (non-hydrogen) atoms. The minimum atomic E-state index is -0.222. The Morgan fingerprint density at radius 2 is 1.30 bits per heavy atom. The van der Waals surface area contributed by atoms with Crippen LogP contribution in [0, 0.1) is 34.0 Å². The summed E-state index contributed by atoms with van der Waals surface area (Å²) in [5.41, 5.74) is 2.89. The van der Waals surface area contributed by atoms with Gasteiger partial charge in [0, 0.05) is 5.69 Å². The average molecular weight is 298 g/mol. The lowest BCUT2D eigenvalue weighted by Crippen LogP contribution is -2.00. The summed E-state index contributed by atoms with van der Waals surface area (Å²) in [5.74, 6) is 0. The van der Waals surface area contributed by atoms with E-state index in [0.717, 1.165) is 12.8 Å². The van der Waals surface area contributed by atoms with E-state index in [9.17, 15) is 0 Å². The number of hydrogen-bond donors (Lipinski definition) is 1. The van der Waals surface area contributed by atoms with Crippen molar-refractivity contribution in [3.05, 3.63) is 77.0 Å². The van der Waals surface area contributed by atoms with Gasteiger partial charge in [0.15, 0.2) is 5.57 Å². The van der Waals surface area contributed by atoms with E-state index in [1.807, 2.05) is 48.5 Å². The first-order chi connectivity index (χ1) is 11.3. The normalized spacial score (nSPS) is 9.09. The van der Waals surface area contributed by atoms with Crippen LogP contribution in [0.25, 0.3) is 0 Å². The van der Waals surface area contributed by atoms with Crippen LogP contribution in [0.5, 0.6) is 0 Å². The molecule has 0 aliphatic heterocycles. The molecule has 2 aromatic carbocycles. The summed E-state index contributed by atoms with van der Waals surface area (Å²) in [6.07, 6.45) is 1.89. The highest BCUT2D eigenvalue weighted by atomic mass is 14.9. The van der Waals surface area contributed by atoms with E-state index >= 15 is 0 Å². The van der Waals surface area contributed by atoms with Gasteiger partial charge in [0.05, 0.1) is 0 Å². The van der Waals surface area contributed by atoms with Crippen molar-refractivity contribution in [3.63, 3.8) is 0 Å². The van der Waals surface area contributed by atoms with E-state index in [-0.39, 0.29) is 11.3 Å². The number of nitrogens with zero attached hydrogens (tertiary/aromatic N) is 3. The fourth-order valence-electron chi connectivity index (χ4n) is 2.12. The minimum absolute atomic E-state index is 0.0352. The van der Waals surface area contributed by atoms with Crippen LogP contribution >= 0.6 is 0 Å². The molecule has 4 nitrogen and oxygen atoms in total. The molecule has 2 rings (SSSR count). The van der Waals surface area contributed by atoms with Crippen LogP contribution in [-0.4, -0.2) is 0 Å². The van der Waals surface area contributed by atoms with Crippen LogP contribution in [0.15, 0.2) is 65.9 Å². The first kappa shape index (κ1) is 15.8. The summed E-state index contributed by atoms with van der Waals surface area (Å²) >= 11 is 0. The Bertz CT molecular complexity index is 797. The third-order valence-electron chi connectivity index (χ3n) is 3.35. The molecular formula is C19H14N4. The van der Waals surface area contributed by atoms with Crippen LogP contribution in [0.3, 0.4) is 0 Å². The van der Waals surface area contributed by atoms with Crippen molar-refractivity contribution in [2.75, 3.05) is 5.32 Å². The van der Waals surface area contributed by atoms with E-state index in [0.29, 0.717) is 5.69 Å². The van der Waals surface area contributed by atoms with E-state index in [1.54, 1.807) is 12.1 Å². The van der Waals surface area contributed by atoms with Gasteiger partial charge in [-0.15, -0.1) is 0 Å². The molecule has 0 aliphatic rings. The lowest BCUT2D eigenvalue weighted by Gasteiger charge is -2.06. The van der Waals surface area contributed by atoms with Gasteiger partial charge in [-0.25, -0.2) is 0 Å². The zero-order chi connectivity index (χ0) is 16.5. The number of benzene rings is 2. The van der Waals surface area contributed by atoms with Crippen molar-refractivity contribution in [1.29, 1.82) is 15.8 Å². The summed E-state index contributed by atoms with van der Waals surface area (Å²) in [5, 5.41) is 29.4. The van der Waals surface area contributed by atoms with Crippen molar-refractivity contribution in [2.45, 2.75) is 12.8 Å². The summed E-state index contributed by atoms with van der Waals surface area (Å²) < 4.78 is 0. The molecule has 0 fully saturated rings. The SMILES string of the molecule is N#CC(C#N)=C(C#N)Nc1ccc(CCc2ccccc2)cc1. The Hall–Kier alpha value is -3.55. The van der Waals surface area contributed by atoms with Crippen LogP contribution in [0.1, 0.15) is 11.1 Å². The van der Waals surface area contributed by atoms with E-state index in [4.69, 9.17) is 15.8 Å². The first-order valence-electron chi connectivity index (χ1n) is 7.11. The van der Waals surface area contributed by atoms with Crippen molar-refractivity contribution >= 4 is 5.69 Å². The molecule has 0 bridgehead atoms. The molecule has 0 saturated heterocycles. The minimum Gasteiger partial charge on any atom is -0.345 e. The highest BCUT2D eigenvalue weighted by Gasteiger charge is 2.06. The van der Waals surface area contributed by atoms with Crippen molar-refractivity contribution in [2.24, 2.45) is 0 Å². The molecule has 0 aliphatic carbocycles. The Morgan fingerprint density at radius 3 is 1.83 bits per heavy atom. The van der Waals surface area contributed by atoms with Crippen molar-refractivity contribution < 1.29 is 0 Å². The molecule has 110 valence electrons. The van der Waals surface area contributed by atoms with Crippen molar-refractivity contribution in [1.82, 2.24) is 0 Å². The second-order valence-corrected chi connectivity index (χ2v) is 4.89. The summed E-state index contributed by atoms with van der Waals surface area (Å²) in [6, 6.07) is 23.1. The third kappa shape index (κ3) is 4.46. The van der Waals surface area contributed by atoms with Gasteiger partial charge in [0.25, 0.3) is 0 Å². The van der Waals surface area contributed by atoms with Gasteiger partial charge in [-0.2, -0.15) is 15.8 Å². The van der Waals surface area contributed by atoms with Gasteiger partial charge < -0.3 is 5.32 Å². The van der Waals surface area contributed by atoms with Gasteiger partial charge in [-0.05, 0) is 36.1 Å². The smallest absolute Gasteiger partial charge is 0.163 e. The monoisotopic (exact) mass is 298 g/mol. The van der Waals surface area contributed by atoms with Crippen molar-refractivity contribution in [3.8, 4) is 18.2 Å². The molecule has 0 atom stereocenters. The molecule has 0 amide bonds. The molecule has 0 aromatic heterocycles. The predicted octanol–water partition coefficient (Wildman–Crippen LogP) is 3.71. The molecule has 4 heteroatoms. The zero-order valence-electron chi connectivity index (χ0n) is 12.5. The Kier molecular flexibility index (Phi) is 5.53. The Labute approximate surface area is 135 Å². The maximum atomic E-state index is 9.01. The van der Waals surface area contributed by atoms with E-state index in [2.05, 4.69) is 17.4 Å². The number of nitrogens with one attached hydrogen (secondary N) is 1. The second kappa shape index (κ2) is 8.03. The average Bonchev–Trinajstić information content (AvgIpc) is 2.62. The fraction of sp³-hybridized carbons (Fsp3) is 0.105. The third-order valence-corrected chi connectivity index (χ3v) is 3.35. The largest absolute Gasteiger partial charge is 0.345 e. The van der Waals surface area contributed by atoms with Gasteiger partial charge >= 0.3 is 0 Å². The number of nitriles is 3. The molecule has 0 radical (unpaired) electrons. The Balaban J connectivity index is 2.03.